The predicted molar refractivity (Wildman–Crippen MR) is 80.3 cm³/mol. The van der Waals surface area contributed by atoms with Crippen molar-refractivity contribution in [3.05, 3.63) is 30.1 Å². The molecular formula is C15H20N4O2. The van der Waals surface area contributed by atoms with Crippen molar-refractivity contribution in [1.82, 2.24) is 19.8 Å². The molecule has 0 unspecified atom stereocenters. The van der Waals surface area contributed by atoms with Crippen LogP contribution < -0.4 is 5.32 Å². The van der Waals surface area contributed by atoms with E-state index in [4.69, 9.17) is 4.74 Å². The molecule has 3 heterocycles. The molecule has 6 nitrogen and oxygen atoms in total. The molecule has 1 aliphatic heterocycles. The number of aryl methyl sites for hydroxylation is 1. The van der Waals surface area contributed by atoms with Gasteiger partial charge in [0, 0.05) is 51.0 Å². The van der Waals surface area contributed by atoms with Crippen LogP contribution in [0.3, 0.4) is 0 Å². The molecule has 112 valence electrons. The topological polar surface area (TPSA) is 59.4 Å². The van der Waals surface area contributed by atoms with Crippen LogP contribution in [0.15, 0.2) is 24.5 Å². The van der Waals surface area contributed by atoms with Crippen LogP contribution in [0.25, 0.3) is 11.0 Å². The van der Waals surface area contributed by atoms with Crippen LogP contribution in [-0.4, -0.2) is 59.8 Å². The molecule has 2 aromatic heterocycles. The fraction of sp³-hybridized carbons (Fsp3) is 0.467. The van der Waals surface area contributed by atoms with E-state index in [-0.39, 0.29) is 5.91 Å². The number of nitrogens with one attached hydrogen (secondary N) is 1. The summed E-state index contributed by atoms with van der Waals surface area (Å²) < 4.78 is 7.19. The largest absolute Gasteiger partial charge is 0.379 e. The molecule has 1 fully saturated rings. The summed E-state index contributed by atoms with van der Waals surface area (Å²) in [5, 5.41) is 3.88. The van der Waals surface area contributed by atoms with Gasteiger partial charge in [0.25, 0.3) is 5.91 Å². The lowest BCUT2D eigenvalue weighted by atomic mass is 10.2. The fourth-order valence-corrected chi connectivity index (χ4v) is 2.64. The minimum Gasteiger partial charge on any atom is -0.379 e. The van der Waals surface area contributed by atoms with E-state index in [9.17, 15) is 4.79 Å². The molecule has 0 aromatic carbocycles. The van der Waals surface area contributed by atoms with Gasteiger partial charge in [-0.3, -0.25) is 9.69 Å². The number of amides is 1. The molecule has 6 heteroatoms. The molecule has 0 aliphatic carbocycles. The lowest BCUT2D eigenvalue weighted by Crippen LogP contribution is -2.41. The van der Waals surface area contributed by atoms with Gasteiger partial charge < -0.3 is 14.6 Å². The smallest absolute Gasteiger partial charge is 0.253 e. The van der Waals surface area contributed by atoms with E-state index < -0.39 is 0 Å². The van der Waals surface area contributed by atoms with Crippen LogP contribution in [0.5, 0.6) is 0 Å². The number of hydrogen-bond acceptors (Lipinski definition) is 4. The summed E-state index contributed by atoms with van der Waals surface area (Å²) in [6, 6.07) is 3.78. The third kappa shape index (κ3) is 3.06. The first kappa shape index (κ1) is 14.0. The van der Waals surface area contributed by atoms with E-state index in [2.05, 4.69) is 15.2 Å². The lowest BCUT2D eigenvalue weighted by Gasteiger charge is -2.26. The standard InChI is InChI=1S/C15H20N4O2/c1-18-11-13(12-3-2-4-16-14(12)18)15(20)17-5-6-19-7-9-21-10-8-19/h2-4,11H,5-10H2,1H3,(H,17,20). The van der Waals surface area contributed by atoms with Crippen molar-refractivity contribution < 1.29 is 9.53 Å². The van der Waals surface area contributed by atoms with Gasteiger partial charge in [0.1, 0.15) is 5.65 Å². The Balaban J connectivity index is 1.61. The molecule has 1 N–H and O–H groups in total. The van der Waals surface area contributed by atoms with Crippen LogP contribution in [0.1, 0.15) is 10.4 Å². The Morgan fingerprint density at radius 1 is 1.43 bits per heavy atom. The SMILES string of the molecule is Cn1cc(C(=O)NCCN2CCOCC2)c2cccnc21. The summed E-state index contributed by atoms with van der Waals surface area (Å²) in [5.74, 6) is -0.0399. The van der Waals surface area contributed by atoms with Crippen molar-refractivity contribution >= 4 is 16.9 Å². The molecule has 0 atom stereocenters. The predicted octanol–water partition coefficient (Wildman–Crippen LogP) is 0.635. The van der Waals surface area contributed by atoms with E-state index in [0.29, 0.717) is 12.1 Å². The number of carbonyl (C=O) groups is 1. The maximum atomic E-state index is 12.3. The van der Waals surface area contributed by atoms with E-state index in [0.717, 1.165) is 43.9 Å². The normalized spacial score (nSPS) is 16.2. The monoisotopic (exact) mass is 288 g/mol. The van der Waals surface area contributed by atoms with Crippen LogP contribution in [0, 0.1) is 0 Å². The molecule has 1 amide bonds. The Bertz CT molecular complexity index is 632. The third-order valence-electron chi connectivity index (χ3n) is 3.80. The van der Waals surface area contributed by atoms with Crippen molar-refractivity contribution in [2.45, 2.75) is 0 Å². The zero-order chi connectivity index (χ0) is 14.7. The number of ether oxygens (including phenoxy) is 1. The van der Waals surface area contributed by atoms with Gasteiger partial charge in [-0.1, -0.05) is 0 Å². The number of rotatable bonds is 4. The lowest BCUT2D eigenvalue weighted by molar-refractivity contribution is 0.0383. The number of carbonyl (C=O) groups excluding carboxylic acids is 1. The van der Waals surface area contributed by atoms with Crippen molar-refractivity contribution in [1.29, 1.82) is 0 Å². The zero-order valence-electron chi connectivity index (χ0n) is 12.2. The van der Waals surface area contributed by atoms with Crippen LogP contribution >= 0.6 is 0 Å². The summed E-state index contributed by atoms with van der Waals surface area (Å²) >= 11 is 0. The summed E-state index contributed by atoms with van der Waals surface area (Å²) in [5.41, 5.74) is 1.51. The average molecular weight is 288 g/mol. The Hall–Kier alpha value is -1.92. The van der Waals surface area contributed by atoms with Crippen molar-refractivity contribution in [3.8, 4) is 0 Å². The van der Waals surface area contributed by atoms with E-state index in [1.165, 1.54) is 0 Å². The van der Waals surface area contributed by atoms with Gasteiger partial charge in [0.15, 0.2) is 0 Å². The second-order valence-corrected chi connectivity index (χ2v) is 5.24. The van der Waals surface area contributed by atoms with Gasteiger partial charge in [-0.25, -0.2) is 4.98 Å². The van der Waals surface area contributed by atoms with E-state index >= 15 is 0 Å². The number of aromatic nitrogens is 2. The molecule has 2 aromatic rings. The molecule has 0 radical (unpaired) electrons. The first-order valence-corrected chi connectivity index (χ1v) is 7.24. The highest BCUT2D eigenvalue weighted by Gasteiger charge is 2.15. The third-order valence-corrected chi connectivity index (χ3v) is 3.80. The number of morpholine rings is 1. The molecule has 3 rings (SSSR count). The highest BCUT2D eigenvalue weighted by Crippen LogP contribution is 2.17. The van der Waals surface area contributed by atoms with Crippen LogP contribution in [0.4, 0.5) is 0 Å². The van der Waals surface area contributed by atoms with Gasteiger partial charge in [0.2, 0.25) is 0 Å². The first-order chi connectivity index (χ1) is 10.3. The molecule has 0 spiro atoms. The Kier molecular flexibility index (Phi) is 4.17. The van der Waals surface area contributed by atoms with Crippen molar-refractivity contribution in [2.75, 3.05) is 39.4 Å². The molecule has 1 aliphatic rings. The van der Waals surface area contributed by atoms with Gasteiger partial charge in [-0.15, -0.1) is 0 Å². The van der Waals surface area contributed by atoms with Crippen LogP contribution in [0.2, 0.25) is 0 Å². The molecule has 0 saturated carbocycles. The van der Waals surface area contributed by atoms with Gasteiger partial charge >= 0.3 is 0 Å². The summed E-state index contributed by atoms with van der Waals surface area (Å²) in [6.07, 6.45) is 3.57. The van der Waals surface area contributed by atoms with Gasteiger partial charge in [-0.05, 0) is 12.1 Å². The Labute approximate surface area is 123 Å². The molecular weight excluding hydrogens is 268 g/mol. The minimum atomic E-state index is -0.0399. The second kappa shape index (κ2) is 6.24. The fourth-order valence-electron chi connectivity index (χ4n) is 2.64. The van der Waals surface area contributed by atoms with Gasteiger partial charge in [-0.2, -0.15) is 0 Å². The quantitative estimate of drug-likeness (QED) is 0.897. The minimum absolute atomic E-state index is 0.0399. The molecule has 1 saturated heterocycles. The number of nitrogens with zero attached hydrogens (tertiary/aromatic N) is 3. The first-order valence-electron chi connectivity index (χ1n) is 7.24. The summed E-state index contributed by atoms with van der Waals surface area (Å²) in [7, 11) is 1.90. The van der Waals surface area contributed by atoms with Crippen molar-refractivity contribution in [3.63, 3.8) is 0 Å². The summed E-state index contributed by atoms with van der Waals surface area (Å²) in [6.45, 7) is 4.95. The maximum absolute atomic E-state index is 12.3. The Morgan fingerprint density at radius 2 is 2.24 bits per heavy atom. The van der Waals surface area contributed by atoms with Crippen LogP contribution in [-0.2, 0) is 11.8 Å². The molecule has 21 heavy (non-hydrogen) atoms. The number of pyridine rings is 1. The van der Waals surface area contributed by atoms with Gasteiger partial charge in [0.05, 0.1) is 18.8 Å². The summed E-state index contributed by atoms with van der Waals surface area (Å²) in [4.78, 5) is 18.9. The van der Waals surface area contributed by atoms with E-state index in [1.54, 1.807) is 6.20 Å². The van der Waals surface area contributed by atoms with Crippen molar-refractivity contribution in [2.24, 2.45) is 7.05 Å². The maximum Gasteiger partial charge on any atom is 0.253 e. The Morgan fingerprint density at radius 3 is 3.05 bits per heavy atom. The zero-order valence-corrected chi connectivity index (χ0v) is 12.2. The number of fused-ring (bicyclic) bond motifs is 1. The van der Waals surface area contributed by atoms with E-state index in [1.807, 2.05) is 29.9 Å². The molecule has 0 bridgehead atoms. The second-order valence-electron chi connectivity index (χ2n) is 5.24. The highest BCUT2D eigenvalue weighted by molar-refractivity contribution is 6.06. The number of hydrogen-bond donors (Lipinski definition) is 1. The highest BCUT2D eigenvalue weighted by atomic mass is 16.5. The average Bonchev–Trinajstić information content (AvgIpc) is 2.86.